The highest BCUT2D eigenvalue weighted by Gasteiger charge is 1.92. The summed E-state index contributed by atoms with van der Waals surface area (Å²) in [5.74, 6) is 0. The van der Waals surface area contributed by atoms with Crippen LogP contribution in [0.2, 0.25) is 0 Å². The molecule has 0 N–H and O–H groups in total. The van der Waals surface area contributed by atoms with E-state index in [9.17, 15) is 0 Å². The Morgan fingerprint density at radius 3 is 2.56 bits per heavy atom. The lowest BCUT2D eigenvalue weighted by molar-refractivity contribution is 0.815. The van der Waals surface area contributed by atoms with Crippen LogP contribution in [0.5, 0.6) is 0 Å². The molecule has 0 saturated heterocycles. The maximum absolute atomic E-state index is 5.54. The second-order valence-electron chi connectivity index (χ2n) is 1.83. The molecule has 0 rings (SSSR count). The van der Waals surface area contributed by atoms with E-state index >= 15 is 0 Å². The van der Waals surface area contributed by atoms with E-state index in [4.69, 9.17) is 22.2 Å². The Kier molecular flexibility index (Phi) is 7.05. The molecule has 0 spiro atoms. The van der Waals surface area contributed by atoms with Gasteiger partial charge in [0.05, 0.1) is 0 Å². The average Bonchev–Trinajstić information content (AvgIpc) is 1.80. The molecule has 0 aromatic carbocycles. The SMILES string of the molecule is CCCC/C=C/[Si](Cl)Cl. The molecule has 0 nitrogen and oxygen atoms in total. The monoisotopic (exact) mass is 181 g/mol. The van der Waals surface area contributed by atoms with Crippen LogP contribution in [0.1, 0.15) is 26.2 Å². The number of allylic oxidation sites excluding steroid dienone is 1. The summed E-state index contributed by atoms with van der Waals surface area (Å²) < 4.78 is 0. The molecule has 0 heterocycles. The van der Waals surface area contributed by atoms with Crippen LogP contribution in [0.25, 0.3) is 0 Å². The van der Waals surface area contributed by atoms with Gasteiger partial charge in [0.25, 0.3) is 7.42 Å². The van der Waals surface area contributed by atoms with E-state index in [1.54, 1.807) is 0 Å². The first kappa shape index (κ1) is 9.54. The zero-order chi connectivity index (χ0) is 7.11. The molecule has 3 heteroatoms. The smallest absolute Gasteiger partial charge is 0.141 e. The van der Waals surface area contributed by atoms with Crippen molar-refractivity contribution in [2.75, 3.05) is 0 Å². The number of hydrogen-bond acceptors (Lipinski definition) is 0. The van der Waals surface area contributed by atoms with Gasteiger partial charge in [0.2, 0.25) is 0 Å². The van der Waals surface area contributed by atoms with Gasteiger partial charge in [-0.2, -0.15) is 0 Å². The molecular weight excluding hydrogens is 171 g/mol. The first-order valence-electron chi connectivity index (χ1n) is 3.12. The summed E-state index contributed by atoms with van der Waals surface area (Å²) >= 11 is 11.1. The predicted molar refractivity (Wildman–Crippen MR) is 46.1 cm³/mol. The van der Waals surface area contributed by atoms with Crippen molar-refractivity contribution in [3.05, 3.63) is 11.8 Å². The fourth-order valence-corrected chi connectivity index (χ4v) is 1.37. The third kappa shape index (κ3) is 8.54. The zero-order valence-corrected chi connectivity index (χ0v) is 8.04. The van der Waals surface area contributed by atoms with E-state index in [-0.39, 0.29) is 0 Å². The van der Waals surface area contributed by atoms with Crippen molar-refractivity contribution in [3.63, 3.8) is 0 Å². The molecule has 0 aromatic heterocycles. The molecule has 0 aliphatic rings. The molecule has 0 saturated carbocycles. The number of hydrogen-bond donors (Lipinski definition) is 0. The van der Waals surface area contributed by atoms with Crippen molar-refractivity contribution in [1.29, 1.82) is 0 Å². The van der Waals surface area contributed by atoms with Crippen LogP contribution in [0.4, 0.5) is 0 Å². The van der Waals surface area contributed by atoms with Crippen LogP contribution in [0.15, 0.2) is 11.8 Å². The molecule has 0 atom stereocenters. The van der Waals surface area contributed by atoms with Gasteiger partial charge in [-0.05, 0) is 6.42 Å². The Morgan fingerprint density at radius 2 is 2.11 bits per heavy atom. The summed E-state index contributed by atoms with van der Waals surface area (Å²) in [4.78, 5) is 0. The van der Waals surface area contributed by atoms with Gasteiger partial charge in [0.1, 0.15) is 0 Å². The first-order valence-corrected chi connectivity index (χ1v) is 6.72. The summed E-state index contributed by atoms with van der Waals surface area (Å²) in [6.45, 7) is 2.17. The van der Waals surface area contributed by atoms with E-state index < -0.39 is 7.42 Å². The van der Waals surface area contributed by atoms with Crippen LogP contribution in [0, 0.1) is 0 Å². The maximum Gasteiger partial charge on any atom is 0.299 e. The maximum atomic E-state index is 5.54. The van der Waals surface area contributed by atoms with Gasteiger partial charge >= 0.3 is 0 Å². The van der Waals surface area contributed by atoms with Crippen molar-refractivity contribution < 1.29 is 0 Å². The normalized spacial score (nSPS) is 11.6. The Morgan fingerprint density at radius 1 is 1.44 bits per heavy atom. The molecule has 0 aliphatic carbocycles. The molecule has 0 bridgehead atoms. The molecular formula is C6H11Cl2Si. The van der Waals surface area contributed by atoms with Crippen molar-refractivity contribution in [3.8, 4) is 0 Å². The lowest BCUT2D eigenvalue weighted by Crippen LogP contribution is -1.82. The number of halogens is 2. The van der Waals surface area contributed by atoms with Crippen LogP contribution in [-0.2, 0) is 0 Å². The number of unbranched alkanes of at least 4 members (excludes halogenated alkanes) is 2. The second kappa shape index (κ2) is 6.65. The predicted octanol–water partition coefficient (Wildman–Crippen LogP) is 3.24. The minimum absolute atomic E-state index is 1.12. The Hall–Kier alpha value is 0.537. The van der Waals surface area contributed by atoms with Gasteiger partial charge in [-0.3, -0.25) is 0 Å². The fraction of sp³-hybridized carbons (Fsp3) is 0.667. The van der Waals surface area contributed by atoms with Crippen LogP contribution in [-0.4, -0.2) is 7.42 Å². The third-order valence-corrected chi connectivity index (χ3v) is 2.21. The molecule has 9 heavy (non-hydrogen) atoms. The minimum Gasteiger partial charge on any atom is -0.141 e. The summed E-state index contributed by atoms with van der Waals surface area (Å²) in [6, 6.07) is 0. The average molecular weight is 182 g/mol. The van der Waals surface area contributed by atoms with Crippen LogP contribution < -0.4 is 0 Å². The van der Waals surface area contributed by atoms with Crippen molar-refractivity contribution in [2.45, 2.75) is 26.2 Å². The van der Waals surface area contributed by atoms with Gasteiger partial charge in [-0.15, -0.1) is 22.2 Å². The molecule has 0 aliphatic heterocycles. The van der Waals surface area contributed by atoms with E-state index in [1.165, 1.54) is 12.8 Å². The summed E-state index contributed by atoms with van der Waals surface area (Å²) in [6.07, 6.45) is 5.65. The van der Waals surface area contributed by atoms with Crippen molar-refractivity contribution in [2.24, 2.45) is 0 Å². The lowest BCUT2D eigenvalue weighted by atomic mass is 10.2. The van der Waals surface area contributed by atoms with Gasteiger partial charge < -0.3 is 0 Å². The molecule has 0 unspecified atom stereocenters. The minimum atomic E-state index is -1.15. The largest absolute Gasteiger partial charge is 0.299 e. The fourth-order valence-electron chi connectivity index (χ4n) is 0.494. The van der Waals surface area contributed by atoms with Gasteiger partial charge in [-0.1, -0.05) is 31.5 Å². The standard InChI is InChI=1S/C6H11Cl2Si/c1-2-3-4-5-6-9(7)8/h5-6H,2-4H2,1H3/b6-5+. The van der Waals surface area contributed by atoms with Gasteiger partial charge in [0.15, 0.2) is 0 Å². The summed E-state index contributed by atoms with van der Waals surface area (Å²) in [7, 11) is -1.15. The summed E-state index contributed by atoms with van der Waals surface area (Å²) in [5.41, 5.74) is 1.91. The number of rotatable bonds is 4. The quantitative estimate of drug-likeness (QED) is 0.355. The molecule has 0 fully saturated rings. The third-order valence-electron chi connectivity index (χ3n) is 0.968. The second-order valence-corrected chi connectivity index (χ2v) is 5.77. The topological polar surface area (TPSA) is 0 Å². The highest BCUT2D eigenvalue weighted by Crippen LogP contribution is 2.00. The Labute approximate surface area is 67.9 Å². The van der Waals surface area contributed by atoms with E-state index in [2.05, 4.69) is 13.0 Å². The van der Waals surface area contributed by atoms with Crippen LogP contribution >= 0.6 is 22.2 Å². The van der Waals surface area contributed by atoms with Crippen molar-refractivity contribution in [1.82, 2.24) is 0 Å². The van der Waals surface area contributed by atoms with E-state index in [0.29, 0.717) is 0 Å². The lowest BCUT2D eigenvalue weighted by Gasteiger charge is -1.87. The van der Waals surface area contributed by atoms with Crippen LogP contribution in [0.3, 0.4) is 0 Å². The van der Waals surface area contributed by atoms with Gasteiger partial charge in [-0.25, -0.2) is 0 Å². The summed E-state index contributed by atoms with van der Waals surface area (Å²) in [5, 5.41) is 0. The molecule has 1 radical (unpaired) electrons. The van der Waals surface area contributed by atoms with E-state index in [0.717, 1.165) is 6.42 Å². The Bertz CT molecular complexity index is 81.1. The first-order chi connectivity index (χ1) is 4.27. The molecule has 0 amide bonds. The van der Waals surface area contributed by atoms with E-state index in [1.807, 2.05) is 5.70 Å². The Balaban J connectivity index is 3.04. The van der Waals surface area contributed by atoms with Gasteiger partial charge in [0, 0.05) is 0 Å². The molecule has 53 valence electrons. The zero-order valence-electron chi connectivity index (χ0n) is 5.53. The molecule has 0 aromatic rings. The highest BCUT2D eigenvalue weighted by molar-refractivity contribution is 7.36. The van der Waals surface area contributed by atoms with Crippen molar-refractivity contribution >= 4 is 29.6 Å². The highest BCUT2D eigenvalue weighted by atomic mass is 35.7.